The monoisotopic (exact) mass is 200 g/mol. The van der Waals surface area contributed by atoms with E-state index in [4.69, 9.17) is 5.73 Å². The third kappa shape index (κ3) is 5.22. The second-order valence-corrected chi connectivity index (χ2v) is 3.82. The topological polar surface area (TPSA) is 46.3 Å². The van der Waals surface area contributed by atoms with E-state index in [9.17, 15) is 4.79 Å². The molecule has 3 heteroatoms. The Hall–Kier alpha value is -0.570. The van der Waals surface area contributed by atoms with Crippen molar-refractivity contribution in [2.45, 2.75) is 52.5 Å². The summed E-state index contributed by atoms with van der Waals surface area (Å²) in [7, 11) is 0. The molecule has 0 bridgehead atoms. The van der Waals surface area contributed by atoms with Crippen LogP contribution in [0.2, 0.25) is 0 Å². The van der Waals surface area contributed by atoms with E-state index < -0.39 is 0 Å². The highest BCUT2D eigenvalue weighted by molar-refractivity contribution is 5.81. The summed E-state index contributed by atoms with van der Waals surface area (Å²) in [6, 6.07) is -0.358. The molecular weight excluding hydrogens is 176 g/mol. The van der Waals surface area contributed by atoms with Crippen LogP contribution in [0.15, 0.2) is 0 Å². The van der Waals surface area contributed by atoms with Gasteiger partial charge in [-0.3, -0.25) is 4.79 Å². The number of nitrogens with two attached hydrogens (primary N) is 1. The summed E-state index contributed by atoms with van der Waals surface area (Å²) in [4.78, 5) is 13.6. The molecule has 0 saturated heterocycles. The molecule has 0 aliphatic heterocycles. The van der Waals surface area contributed by atoms with Gasteiger partial charge in [0.15, 0.2) is 0 Å². The van der Waals surface area contributed by atoms with Crippen LogP contribution in [-0.2, 0) is 4.79 Å². The van der Waals surface area contributed by atoms with Crippen molar-refractivity contribution >= 4 is 5.91 Å². The van der Waals surface area contributed by atoms with Crippen molar-refractivity contribution in [2.75, 3.05) is 13.1 Å². The molecule has 0 aromatic rings. The summed E-state index contributed by atoms with van der Waals surface area (Å²) in [5.74, 6) is 0.0897. The van der Waals surface area contributed by atoms with Gasteiger partial charge in [0.1, 0.15) is 0 Å². The number of hydrogen-bond acceptors (Lipinski definition) is 2. The fourth-order valence-corrected chi connectivity index (χ4v) is 1.32. The number of nitrogens with zero attached hydrogens (tertiary/aromatic N) is 1. The van der Waals surface area contributed by atoms with Gasteiger partial charge < -0.3 is 10.6 Å². The second kappa shape index (κ2) is 7.80. The molecule has 2 N–H and O–H groups in total. The fourth-order valence-electron chi connectivity index (χ4n) is 1.32. The average Bonchev–Trinajstić information content (AvgIpc) is 2.17. The maximum Gasteiger partial charge on any atom is 0.239 e. The van der Waals surface area contributed by atoms with Gasteiger partial charge >= 0.3 is 0 Å². The zero-order valence-corrected chi connectivity index (χ0v) is 9.75. The minimum absolute atomic E-state index is 0.0897. The predicted molar refractivity (Wildman–Crippen MR) is 60.0 cm³/mol. The van der Waals surface area contributed by atoms with Gasteiger partial charge in [0.25, 0.3) is 0 Å². The van der Waals surface area contributed by atoms with Gasteiger partial charge in [-0.15, -0.1) is 0 Å². The lowest BCUT2D eigenvalue weighted by atomic mass is 10.2. The molecule has 14 heavy (non-hydrogen) atoms. The molecular formula is C11H24N2O. The summed E-state index contributed by atoms with van der Waals surface area (Å²) < 4.78 is 0. The van der Waals surface area contributed by atoms with Crippen LogP contribution in [-0.4, -0.2) is 29.9 Å². The molecule has 0 rings (SSSR count). The highest BCUT2D eigenvalue weighted by Gasteiger charge is 2.15. The molecule has 0 saturated carbocycles. The Bertz CT molecular complexity index is 149. The molecule has 1 amide bonds. The smallest absolute Gasteiger partial charge is 0.239 e. The third-order valence-electron chi connectivity index (χ3n) is 2.26. The molecule has 0 aliphatic carbocycles. The standard InChI is InChI=1S/C11H24N2O/c1-4-6-8-13(9-7-5-2)11(14)10(3)12/h10H,4-9,12H2,1-3H3/t10-/m1/s1. The van der Waals surface area contributed by atoms with Crippen LogP contribution in [0.4, 0.5) is 0 Å². The van der Waals surface area contributed by atoms with Crippen molar-refractivity contribution in [3.63, 3.8) is 0 Å². The molecule has 0 radical (unpaired) electrons. The van der Waals surface area contributed by atoms with Crippen LogP contribution in [0.25, 0.3) is 0 Å². The van der Waals surface area contributed by atoms with Crippen LogP contribution in [0, 0.1) is 0 Å². The Kier molecular flexibility index (Phi) is 7.48. The van der Waals surface area contributed by atoms with E-state index in [1.165, 1.54) is 0 Å². The highest BCUT2D eigenvalue weighted by Crippen LogP contribution is 2.01. The lowest BCUT2D eigenvalue weighted by molar-refractivity contribution is -0.132. The Morgan fingerprint density at radius 2 is 1.64 bits per heavy atom. The molecule has 0 aromatic carbocycles. The Morgan fingerprint density at radius 1 is 1.21 bits per heavy atom. The highest BCUT2D eigenvalue weighted by atomic mass is 16.2. The summed E-state index contributed by atoms with van der Waals surface area (Å²) in [6.45, 7) is 7.74. The van der Waals surface area contributed by atoms with Gasteiger partial charge in [-0.1, -0.05) is 26.7 Å². The number of rotatable bonds is 7. The van der Waals surface area contributed by atoms with Gasteiger partial charge in [0.05, 0.1) is 6.04 Å². The number of hydrogen-bond donors (Lipinski definition) is 1. The third-order valence-corrected chi connectivity index (χ3v) is 2.26. The molecule has 0 unspecified atom stereocenters. The number of carbonyl (C=O) groups is 1. The predicted octanol–water partition coefficient (Wildman–Crippen LogP) is 1.76. The normalized spacial score (nSPS) is 12.6. The summed E-state index contributed by atoms with van der Waals surface area (Å²) in [5, 5.41) is 0. The second-order valence-electron chi connectivity index (χ2n) is 3.82. The molecule has 0 spiro atoms. The van der Waals surface area contributed by atoms with E-state index in [1.807, 2.05) is 4.90 Å². The van der Waals surface area contributed by atoms with Crippen LogP contribution in [0.3, 0.4) is 0 Å². The van der Waals surface area contributed by atoms with Crippen molar-refractivity contribution in [1.82, 2.24) is 4.90 Å². The quantitative estimate of drug-likeness (QED) is 0.680. The first-order chi connectivity index (χ1) is 6.63. The lowest BCUT2D eigenvalue weighted by Gasteiger charge is -2.24. The summed E-state index contributed by atoms with van der Waals surface area (Å²) >= 11 is 0. The first kappa shape index (κ1) is 13.4. The summed E-state index contributed by atoms with van der Waals surface area (Å²) in [5.41, 5.74) is 5.59. The first-order valence-corrected chi connectivity index (χ1v) is 5.67. The number of unbranched alkanes of at least 4 members (excludes halogenated alkanes) is 2. The van der Waals surface area contributed by atoms with E-state index in [-0.39, 0.29) is 11.9 Å². The SMILES string of the molecule is CCCCN(CCCC)C(=O)[C@@H](C)N. The zero-order valence-electron chi connectivity index (χ0n) is 9.75. The Labute approximate surface area is 87.6 Å². The van der Waals surface area contributed by atoms with Gasteiger partial charge in [-0.2, -0.15) is 0 Å². The average molecular weight is 200 g/mol. The summed E-state index contributed by atoms with van der Waals surface area (Å²) in [6.07, 6.45) is 4.38. The lowest BCUT2D eigenvalue weighted by Crippen LogP contribution is -2.43. The van der Waals surface area contributed by atoms with Crippen molar-refractivity contribution in [3.8, 4) is 0 Å². The Balaban J connectivity index is 4.01. The minimum atomic E-state index is -0.358. The van der Waals surface area contributed by atoms with E-state index in [0.717, 1.165) is 38.8 Å². The van der Waals surface area contributed by atoms with Crippen LogP contribution in [0.1, 0.15) is 46.5 Å². The fraction of sp³-hybridized carbons (Fsp3) is 0.909. The van der Waals surface area contributed by atoms with Crippen LogP contribution >= 0.6 is 0 Å². The van der Waals surface area contributed by atoms with Gasteiger partial charge in [0.2, 0.25) is 5.91 Å². The van der Waals surface area contributed by atoms with E-state index in [1.54, 1.807) is 6.92 Å². The van der Waals surface area contributed by atoms with Crippen molar-refractivity contribution in [2.24, 2.45) is 5.73 Å². The van der Waals surface area contributed by atoms with Crippen molar-refractivity contribution in [1.29, 1.82) is 0 Å². The van der Waals surface area contributed by atoms with Crippen LogP contribution < -0.4 is 5.73 Å². The van der Waals surface area contributed by atoms with Crippen LogP contribution in [0.5, 0.6) is 0 Å². The molecule has 0 aromatic heterocycles. The molecule has 0 aliphatic rings. The van der Waals surface area contributed by atoms with Crippen molar-refractivity contribution < 1.29 is 4.79 Å². The molecule has 84 valence electrons. The number of amides is 1. The first-order valence-electron chi connectivity index (χ1n) is 5.67. The van der Waals surface area contributed by atoms with E-state index in [2.05, 4.69) is 13.8 Å². The largest absolute Gasteiger partial charge is 0.341 e. The van der Waals surface area contributed by atoms with E-state index in [0.29, 0.717) is 0 Å². The zero-order chi connectivity index (χ0) is 11.0. The number of carbonyl (C=O) groups excluding carboxylic acids is 1. The molecule has 0 heterocycles. The molecule has 3 nitrogen and oxygen atoms in total. The van der Waals surface area contributed by atoms with Crippen molar-refractivity contribution in [3.05, 3.63) is 0 Å². The molecule has 1 atom stereocenters. The maximum atomic E-state index is 11.7. The van der Waals surface area contributed by atoms with Gasteiger partial charge in [-0.05, 0) is 19.8 Å². The molecule has 0 fully saturated rings. The van der Waals surface area contributed by atoms with E-state index >= 15 is 0 Å². The maximum absolute atomic E-state index is 11.7. The van der Waals surface area contributed by atoms with Gasteiger partial charge in [0, 0.05) is 13.1 Å². The Morgan fingerprint density at radius 3 is 1.93 bits per heavy atom. The van der Waals surface area contributed by atoms with Gasteiger partial charge in [-0.25, -0.2) is 0 Å². The minimum Gasteiger partial charge on any atom is -0.341 e.